The molecule has 30 heavy (non-hydrogen) atoms. The van der Waals surface area contributed by atoms with Crippen molar-refractivity contribution in [3.8, 4) is 0 Å². The summed E-state index contributed by atoms with van der Waals surface area (Å²) in [4.78, 5) is 44.2. The van der Waals surface area contributed by atoms with Crippen molar-refractivity contribution in [2.45, 2.75) is 57.7 Å². The number of carbonyl (C=O) groups excluding carboxylic acids is 3. The highest BCUT2D eigenvalue weighted by Crippen LogP contribution is 2.33. The van der Waals surface area contributed by atoms with E-state index in [-0.39, 0.29) is 29.8 Å². The fourth-order valence-electron chi connectivity index (χ4n) is 4.98. The van der Waals surface area contributed by atoms with Gasteiger partial charge in [0.05, 0.1) is 6.04 Å². The number of imide groups is 1. The van der Waals surface area contributed by atoms with E-state index in [1.807, 2.05) is 36.9 Å². The van der Waals surface area contributed by atoms with Crippen LogP contribution in [0, 0.1) is 5.92 Å². The summed E-state index contributed by atoms with van der Waals surface area (Å²) in [5, 5.41) is 3.02. The van der Waals surface area contributed by atoms with Gasteiger partial charge in [0, 0.05) is 38.6 Å². The fourth-order valence-corrected chi connectivity index (χ4v) is 4.98. The average Bonchev–Trinajstić information content (AvgIpc) is 2.99. The van der Waals surface area contributed by atoms with Gasteiger partial charge in [-0.2, -0.15) is 0 Å². The first-order valence-electron chi connectivity index (χ1n) is 11.1. The lowest BCUT2D eigenvalue weighted by atomic mass is 9.87. The molecule has 162 valence electrons. The van der Waals surface area contributed by atoms with Gasteiger partial charge in [-0.05, 0) is 31.2 Å². The third-order valence-electron chi connectivity index (χ3n) is 6.72. The monoisotopic (exact) mass is 412 g/mol. The molecule has 3 heterocycles. The summed E-state index contributed by atoms with van der Waals surface area (Å²) in [6.07, 6.45) is 2.83. The zero-order valence-electron chi connectivity index (χ0n) is 18.0. The highest BCUT2D eigenvalue weighted by molar-refractivity contribution is 6.07. The quantitative estimate of drug-likeness (QED) is 0.770. The zero-order valence-corrected chi connectivity index (χ0v) is 18.0. The Labute approximate surface area is 178 Å². The van der Waals surface area contributed by atoms with Gasteiger partial charge in [-0.15, -0.1) is 0 Å². The molecule has 7 heteroatoms. The third kappa shape index (κ3) is 3.95. The van der Waals surface area contributed by atoms with Gasteiger partial charge in [0.1, 0.15) is 5.54 Å². The number of hydrogen-bond donors (Lipinski definition) is 1. The van der Waals surface area contributed by atoms with E-state index in [0.717, 1.165) is 32.5 Å². The summed E-state index contributed by atoms with van der Waals surface area (Å²) in [6.45, 7) is 7.34. The Kier molecular flexibility index (Phi) is 5.82. The number of hydrogen-bond acceptors (Lipinski definition) is 4. The molecule has 0 bridgehead atoms. The number of carbonyl (C=O) groups is 3. The number of rotatable bonds is 4. The molecular weight excluding hydrogens is 380 g/mol. The SMILES string of the molecule is CC(C)C(=O)N1CCC[C@H](N2C(=O)NC3(CCN(Cc4ccccc4)CC3)C2=O)C1. The Balaban J connectivity index is 1.40. The van der Waals surface area contributed by atoms with Gasteiger partial charge in [0.2, 0.25) is 5.91 Å². The molecule has 3 aliphatic rings. The molecule has 0 aromatic heterocycles. The van der Waals surface area contributed by atoms with Crippen LogP contribution in [-0.2, 0) is 16.1 Å². The molecule has 3 aliphatic heterocycles. The normalized spacial score (nSPS) is 24.6. The summed E-state index contributed by atoms with van der Waals surface area (Å²) in [6, 6.07) is 9.80. The molecule has 4 amide bonds. The van der Waals surface area contributed by atoms with Gasteiger partial charge in [0.25, 0.3) is 5.91 Å². The Morgan fingerprint density at radius 2 is 1.83 bits per heavy atom. The number of amides is 4. The van der Waals surface area contributed by atoms with Crippen LogP contribution in [-0.4, -0.2) is 70.3 Å². The molecule has 1 aromatic carbocycles. The minimum Gasteiger partial charge on any atom is -0.340 e. The van der Waals surface area contributed by atoms with Crippen LogP contribution in [0.25, 0.3) is 0 Å². The summed E-state index contributed by atoms with van der Waals surface area (Å²) >= 11 is 0. The number of nitrogens with zero attached hydrogens (tertiary/aromatic N) is 3. The average molecular weight is 413 g/mol. The van der Waals surface area contributed by atoms with Crippen LogP contribution >= 0.6 is 0 Å². The first-order chi connectivity index (χ1) is 14.4. The van der Waals surface area contributed by atoms with Crippen molar-refractivity contribution in [3.63, 3.8) is 0 Å². The van der Waals surface area contributed by atoms with Gasteiger partial charge in [-0.1, -0.05) is 44.2 Å². The molecule has 0 saturated carbocycles. The van der Waals surface area contributed by atoms with Crippen LogP contribution in [0.3, 0.4) is 0 Å². The standard InChI is InChI=1S/C23H32N4O3/c1-17(2)20(28)26-12-6-9-19(16-26)27-21(29)23(24-22(27)30)10-13-25(14-11-23)15-18-7-4-3-5-8-18/h3-5,7-8,17,19H,6,9-16H2,1-2H3,(H,24,30)/t19-/m0/s1. The second-order valence-corrected chi connectivity index (χ2v) is 9.18. The van der Waals surface area contributed by atoms with Crippen molar-refractivity contribution in [1.82, 2.24) is 20.0 Å². The minimum atomic E-state index is -0.783. The van der Waals surface area contributed by atoms with Crippen LogP contribution in [0.1, 0.15) is 45.1 Å². The molecule has 1 aromatic rings. The number of urea groups is 1. The number of benzene rings is 1. The van der Waals surface area contributed by atoms with Crippen LogP contribution in [0.4, 0.5) is 4.79 Å². The molecule has 3 saturated heterocycles. The van der Waals surface area contributed by atoms with E-state index in [9.17, 15) is 14.4 Å². The largest absolute Gasteiger partial charge is 0.340 e. The number of piperidine rings is 2. The second-order valence-electron chi connectivity index (χ2n) is 9.18. The highest BCUT2D eigenvalue weighted by Gasteiger charge is 2.54. The first-order valence-corrected chi connectivity index (χ1v) is 11.1. The van der Waals surface area contributed by atoms with Crippen molar-refractivity contribution < 1.29 is 14.4 Å². The van der Waals surface area contributed by atoms with Gasteiger partial charge in [-0.25, -0.2) is 4.79 Å². The van der Waals surface area contributed by atoms with Crippen molar-refractivity contribution in [2.75, 3.05) is 26.2 Å². The molecule has 0 aliphatic carbocycles. The number of nitrogens with one attached hydrogen (secondary N) is 1. The topological polar surface area (TPSA) is 73.0 Å². The molecule has 1 atom stereocenters. The lowest BCUT2D eigenvalue weighted by molar-refractivity contribution is -0.140. The van der Waals surface area contributed by atoms with E-state index >= 15 is 0 Å². The predicted octanol–water partition coefficient (Wildman–Crippen LogP) is 2.22. The van der Waals surface area contributed by atoms with Crippen molar-refractivity contribution in [2.24, 2.45) is 5.92 Å². The van der Waals surface area contributed by atoms with E-state index < -0.39 is 5.54 Å². The molecule has 7 nitrogen and oxygen atoms in total. The van der Waals surface area contributed by atoms with E-state index in [0.29, 0.717) is 25.9 Å². The van der Waals surface area contributed by atoms with Crippen molar-refractivity contribution in [1.29, 1.82) is 0 Å². The molecule has 0 radical (unpaired) electrons. The maximum Gasteiger partial charge on any atom is 0.325 e. The van der Waals surface area contributed by atoms with Crippen molar-refractivity contribution >= 4 is 17.8 Å². The Hall–Kier alpha value is -2.41. The summed E-state index contributed by atoms with van der Waals surface area (Å²) in [5.41, 5.74) is 0.475. The second kappa shape index (κ2) is 8.38. The van der Waals surface area contributed by atoms with Crippen LogP contribution in [0.2, 0.25) is 0 Å². The smallest absolute Gasteiger partial charge is 0.325 e. The maximum atomic E-state index is 13.4. The molecule has 4 rings (SSSR count). The van der Waals surface area contributed by atoms with Crippen LogP contribution in [0.15, 0.2) is 30.3 Å². The summed E-state index contributed by atoms with van der Waals surface area (Å²) in [5.74, 6) is -0.0847. The molecule has 1 N–H and O–H groups in total. The van der Waals surface area contributed by atoms with Crippen LogP contribution < -0.4 is 5.32 Å². The fraction of sp³-hybridized carbons (Fsp3) is 0.609. The Morgan fingerprint density at radius 1 is 1.13 bits per heavy atom. The lowest BCUT2D eigenvalue weighted by Gasteiger charge is -2.39. The van der Waals surface area contributed by atoms with Gasteiger partial charge in [0.15, 0.2) is 0 Å². The molecule has 1 spiro atoms. The highest BCUT2D eigenvalue weighted by atomic mass is 16.2. The Bertz CT molecular complexity index is 802. The van der Waals surface area contributed by atoms with E-state index in [1.165, 1.54) is 10.5 Å². The summed E-state index contributed by atoms with van der Waals surface area (Å²) in [7, 11) is 0. The number of likely N-dealkylation sites (tertiary alicyclic amines) is 2. The maximum absolute atomic E-state index is 13.4. The summed E-state index contributed by atoms with van der Waals surface area (Å²) < 4.78 is 0. The van der Waals surface area contributed by atoms with Crippen LogP contribution in [0.5, 0.6) is 0 Å². The first kappa shape index (κ1) is 20.8. The van der Waals surface area contributed by atoms with Gasteiger partial charge < -0.3 is 10.2 Å². The third-order valence-corrected chi connectivity index (χ3v) is 6.72. The van der Waals surface area contributed by atoms with E-state index in [1.54, 1.807) is 0 Å². The zero-order chi connectivity index (χ0) is 21.3. The molecular formula is C23H32N4O3. The molecule has 0 unspecified atom stereocenters. The molecule has 3 fully saturated rings. The van der Waals surface area contributed by atoms with Gasteiger partial charge >= 0.3 is 6.03 Å². The minimum absolute atomic E-state index is 0.0767. The van der Waals surface area contributed by atoms with Crippen molar-refractivity contribution in [3.05, 3.63) is 35.9 Å². The lowest BCUT2D eigenvalue weighted by Crippen LogP contribution is -2.56. The Morgan fingerprint density at radius 3 is 2.50 bits per heavy atom. The predicted molar refractivity (Wildman–Crippen MR) is 114 cm³/mol. The van der Waals surface area contributed by atoms with E-state index in [4.69, 9.17) is 0 Å². The van der Waals surface area contributed by atoms with Gasteiger partial charge in [-0.3, -0.25) is 19.4 Å². The van der Waals surface area contributed by atoms with E-state index in [2.05, 4.69) is 22.3 Å².